The van der Waals surface area contributed by atoms with Crippen molar-refractivity contribution in [3.8, 4) is 11.5 Å². The molecule has 0 atom stereocenters. The zero-order valence-electron chi connectivity index (χ0n) is 11.0. The molecule has 0 aliphatic carbocycles. The lowest BCUT2D eigenvalue weighted by molar-refractivity contribution is 0.423. The Hall–Kier alpha value is -1.61. The van der Waals surface area contributed by atoms with Crippen LogP contribution < -0.4 is 0 Å². The summed E-state index contributed by atoms with van der Waals surface area (Å²) in [5, 5.41) is 20.2. The van der Waals surface area contributed by atoms with Crippen LogP contribution in [0.1, 0.15) is 25.3 Å². The molecule has 0 saturated heterocycles. The smallest absolute Gasteiger partial charge is 0.136 e. The van der Waals surface area contributed by atoms with Gasteiger partial charge in [0.2, 0.25) is 0 Å². The minimum atomic E-state index is 0.131. The van der Waals surface area contributed by atoms with Crippen LogP contribution >= 0.6 is 11.8 Å². The van der Waals surface area contributed by atoms with Gasteiger partial charge in [-0.15, -0.1) is 0 Å². The van der Waals surface area contributed by atoms with Gasteiger partial charge in [-0.1, -0.05) is 49.4 Å². The van der Waals surface area contributed by atoms with E-state index in [1.807, 2.05) is 30.3 Å². The highest BCUT2D eigenvalue weighted by Crippen LogP contribution is 2.42. The summed E-state index contributed by atoms with van der Waals surface area (Å²) >= 11 is 1.39. The van der Waals surface area contributed by atoms with E-state index in [0.717, 1.165) is 29.7 Å². The second kappa shape index (κ2) is 6.53. The van der Waals surface area contributed by atoms with Crippen LogP contribution in [-0.4, -0.2) is 10.2 Å². The molecule has 0 amide bonds. The number of phenols is 2. The van der Waals surface area contributed by atoms with Crippen molar-refractivity contribution in [2.75, 3.05) is 0 Å². The number of aromatic hydroxyl groups is 2. The van der Waals surface area contributed by atoms with Crippen molar-refractivity contribution >= 4 is 11.8 Å². The maximum absolute atomic E-state index is 10.3. The van der Waals surface area contributed by atoms with Crippen LogP contribution in [0.2, 0.25) is 0 Å². The van der Waals surface area contributed by atoms with Gasteiger partial charge in [-0.05, 0) is 36.6 Å². The Kier molecular flexibility index (Phi) is 4.74. The average Bonchev–Trinajstić information content (AvgIpc) is 2.44. The van der Waals surface area contributed by atoms with Crippen molar-refractivity contribution in [2.45, 2.75) is 36.0 Å². The summed E-state index contributed by atoms with van der Waals surface area (Å²) in [5.41, 5.74) is 0.901. The highest BCUT2D eigenvalue weighted by molar-refractivity contribution is 7.99. The fourth-order valence-electron chi connectivity index (χ4n) is 1.88. The Labute approximate surface area is 118 Å². The Morgan fingerprint density at radius 3 is 2.42 bits per heavy atom. The van der Waals surface area contributed by atoms with Gasteiger partial charge >= 0.3 is 0 Å². The van der Waals surface area contributed by atoms with Crippen LogP contribution in [0.5, 0.6) is 11.5 Å². The van der Waals surface area contributed by atoms with E-state index >= 15 is 0 Å². The van der Waals surface area contributed by atoms with E-state index in [2.05, 4.69) is 6.92 Å². The van der Waals surface area contributed by atoms with E-state index in [4.69, 9.17) is 0 Å². The number of phenolic OH excluding ortho intramolecular Hbond substituents is 2. The molecule has 0 aliphatic rings. The maximum Gasteiger partial charge on any atom is 0.136 e. The van der Waals surface area contributed by atoms with Crippen molar-refractivity contribution in [3.05, 3.63) is 48.0 Å². The van der Waals surface area contributed by atoms with E-state index in [1.54, 1.807) is 12.1 Å². The summed E-state index contributed by atoms with van der Waals surface area (Å²) in [7, 11) is 0. The summed E-state index contributed by atoms with van der Waals surface area (Å²) in [6.07, 6.45) is 2.96. The molecule has 3 heteroatoms. The second-order valence-corrected chi connectivity index (χ2v) is 5.52. The summed E-state index contributed by atoms with van der Waals surface area (Å²) in [6, 6.07) is 13.2. The zero-order chi connectivity index (χ0) is 13.7. The largest absolute Gasteiger partial charge is 0.507 e. The van der Waals surface area contributed by atoms with Crippen molar-refractivity contribution in [1.82, 2.24) is 0 Å². The number of benzene rings is 2. The van der Waals surface area contributed by atoms with Crippen LogP contribution in [-0.2, 0) is 6.42 Å². The van der Waals surface area contributed by atoms with E-state index < -0.39 is 0 Å². The van der Waals surface area contributed by atoms with E-state index in [9.17, 15) is 10.2 Å². The Bertz CT molecular complexity index is 538. The molecule has 0 aromatic heterocycles. The van der Waals surface area contributed by atoms with Gasteiger partial charge in [0.05, 0.1) is 4.90 Å². The second-order valence-electron chi connectivity index (χ2n) is 4.44. The van der Waals surface area contributed by atoms with Gasteiger partial charge in [-0.25, -0.2) is 0 Å². The molecule has 0 heterocycles. The van der Waals surface area contributed by atoms with Crippen LogP contribution in [0.4, 0.5) is 0 Å². The molecule has 2 N–H and O–H groups in total. The first-order valence-corrected chi connectivity index (χ1v) is 7.30. The Morgan fingerprint density at radius 1 is 1.00 bits per heavy atom. The monoisotopic (exact) mass is 274 g/mol. The van der Waals surface area contributed by atoms with Crippen LogP contribution in [0.15, 0.2) is 52.3 Å². The lowest BCUT2D eigenvalue weighted by atomic mass is 10.1. The molecule has 0 fully saturated rings. The predicted octanol–water partition coefficient (Wildman–Crippen LogP) is 4.59. The number of unbranched alkanes of at least 4 members (excludes halogenated alkanes) is 1. The third-order valence-electron chi connectivity index (χ3n) is 2.96. The Morgan fingerprint density at radius 2 is 1.74 bits per heavy atom. The van der Waals surface area contributed by atoms with Crippen molar-refractivity contribution in [3.63, 3.8) is 0 Å². The molecular formula is C16H18O2S. The fraction of sp³-hybridized carbons (Fsp3) is 0.250. The fourth-order valence-corrected chi connectivity index (χ4v) is 2.81. The topological polar surface area (TPSA) is 40.5 Å². The third-order valence-corrected chi connectivity index (χ3v) is 4.07. The highest BCUT2D eigenvalue weighted by atomic mass is 32.2. The van der Waals surface area contributed by atoms with Crippen molar-refractivity contribution in [2.24, 2.45) is 0 Å². The number of rotatable bonds is 5. The predicted molar refractivity (Wildman–Crippen MR) is 78.9 cm³/mol. The van der Waals surface area contributed by atoms with Gasteiger partial charge in [0, 0.05) is 4.90 Å². The minimum Gasteiger partial charge on any atom is -0.507 e. The molecule has 0 bridgehead atoms. The van der Waals surface area contributed by atoms with E-state index in [0.29, 0.717) is 4.90 Å². The van der Waals surface area contributed by atoms with Gasteiger partial charge in [-0.3, -0.25) is 0 Å². The molecule has 2 aromatic carbocycles. The SMILES string of the molecule is CCCCc1ccc(O)c(Sc2ccccc2)c1O. The van der Waals surface area contributed by atoms with Gasteiger partial charge < -0.3 is 10.2 Å². The first kappa shape index (κ1) is 13.8. The summed E-state index contributed by atoms with van der Waals surface area (Å²) in [6.45, 7) is 2.12. The molecule has 2 aromatic rings. The van der Waals surface area contributed by atoms with Crippen LogP contribution in [0.3, 0.4) is 0 Å². The standard InChI is InChI=1S/C16H18O2S/c1-2-3-7-12-10-11-14(17)16(15(12)18)19-13-8-5-4-6-9-13/h4-6,8-11,17-18H,2-3,7H2,1H3. The number of aryl methyl sites for hydroxylation is 1. The van der Waals surface area contributed by atoms with Crippen LogP contribution in [0.25, 0.3) is 0 Å². The molecule has 19 heavy (non-hydrogen) atoms. The van der Waals surface area contributed by atoms with E-state index in [1.165, 1.54) is 11.8 Å². The summed E-state index contributed by atoms with van der Waals surface area (Å²) in [5.74, 6) is 0.342. The van der Waals surface area contributed by atoms with Gasteiger partial charge in [0.25, 0.3) is 0 Å². The first-order chi connectivity index (χ1) is 9.22. The third kappa shape index (κ3) is 3.44. The van der Waals surface area contributed by atoms with E-state index in [-0.39, 0.29) is 11.5 Å². The minimum absolute atomic E-state index is 0.131. The van der Waals surface area contributed by atoms with Gasteiger partial charge in [0.1, 0.15) is 11.5 Å². The Balaban J connectivity index is 2.28. The molecule has 2 rings (SSSR count). The average molecular weight is 274 g/mol. The van der Waals surface area contributed by atoms with Gasteiger partial charge in [0.15, 0.2) is 0 Å². The van der Waals surface area contributed by atoms with Crippen molar-refractivity contribution in [1.29, 1.82) is 0 Å². The lowest BCUT2D eigenvalue weighted by Gasteiger charge is -2.11. The molecule has 0 aliphatic heterocycles. The number of hydrogen-bond acceptors (Lipinski definition) is 3. The van der Waals surface area contributed by atoms with Crippen LogP contribution in [0, 0.1) is 0 Å². The number of hydrogen-bond donors (Lipinski definition) is 2. The molecule has 0 saturated carbocycles. The summed E-state index contributed by atoms with van der Waals surface area (Å²) in [4.78, 5) is 1.54. The molecule has 0 radical (unpaired) electrons. The normalized spacial score (nSPS) is 10.6. The van der Waals surface area contributed by atoms with Gasteiger partial charge in [-0.2, -0.15) is 0 Å². The first-order valence-electron chi connectivity index (χ1n) is 6.49. The molecule has 0 unspecified atom stereocenters. The maximum atomic E-state index is 10.3. The molecule has 0 spiro atoms. The quantitative estimate of drug-likeness (QED) is 0.837. The summed E-state index contributed by atoms with van der Waals surface area (Å²) < 4.78 is 0. The lowest BCUT2D eigenvalue weighted by Crippen LogP contribution is -1.88. The molecule has 2 nitrogen and oxygen atoms in total. The van der Waals surface area contributed by atoms with Crippen molar-refractivity contribution < 1.29 is 10.2 Å². The highest BCUT2D eigenvalue weighted by Gasteiger charge is 2.13. The zero-order valence-corrected chi connectivity index (χ0v) is 11.8. The molecule has 100 valence electrons. The molecular weight excluding hydrogens is 256 g/mol.